The summed E-state index contributed by atoms with van der Waals surface area (Å²) in [5.74, 6) is -0.847. The number of fused-ring (bicyclic) bond motifs is 1. The summed E-state index contributed by atoms with van der Waals surface area (Å²) in [4.78, 5) is 23.5. The van der Waals surface area contributed by atoms with Crippen molar-refractivity contribution in [3.8, 4) is 5.75 Å². The van der Waals surface area contributed by atoms with Gasteiger partial charge < -0.3 is 15.2 Å². The molecule has 2 unspecified atom stereocenters. The lowest BCUT2D eigenvalue weighted by Gasteiger charge is -2.29. The topological polar surface area (TPSA) is 75.6 Å². The maximum atomic E-state index is 12.2. The van der Waals surface area contributed by atoms with Crippen LogP contribution in [0.3, 0.4) is 0 Å². The summed E-state index contributed by atoms with van der Waals surface area (Å²) in [6.07, 6.45) is 0.902. The van der Waals surface area contributed by atoms with E-state index >= 15 is 0 Å². The quantitative estimate of drug-likeness (QED) is 0.876. The molecule has 1 amide bonds. The van der Waals surface area contributed by atoms with Gasteiger partial charge in [-0.25, -0.2) is 4.79 Å². The standard InChI is InChI=1S/C15H19NO4/c1-3-15(2,14(18)19)16-13(17)11-8-10-6-4-5-7-12(10)20-9-11/h4-7,11H,3,8-9H2,1-2H3,(H,16,17)(H,18,19). The van der Waals surface area contributed by atoms with Gasteiger partial charge in [-0.3, -0.25) is 4.79 Å². The molecule has 0 spiro atoms. The molecule has 5 heteroatoms. The van der Waals surface area contributed by atoms with Crippen molar-refractivity contribution in [2.24, 2.45) is 5.92 Å². The Morgan fingerprint density at radius 2 is 2.15 bits per heavy atom. The second-order valence-corrected chi connectivity index (χ2v) is 5.30. The largest absolute Gasteiger partial charge is 0.492 e. The molecule has 2 atom stereocenters. The molecule has 20 heavy (non-hydrogen) atoms. The molecule has 0 aromatic heterocycles. The summed E-state index contributed by atoms with van der Waals surface area (Å²) in [5.41, 5.74) is -0.249. The highest BCUT2D eigenvalue weighted by molar-refractivity contribution is 5.88. The van der Waals surface area contributed by atoms with Crippen LogP contribution in [0.1, 0.15) is 25.8 Å². The number of amides is 1. The van der Waals surface area contributed by atoms with Crippen LogP contribution in [0.15, 0.2) is 24.3 Å². The van der Waals surface area contributed by atoms with Gasteiger partial charge in [-0.2, -0.15) is 0 Å². The first-order chi connectivity index (χ1) is 9.46. The second-order valence-electron chi connectivity index (χ2n) is 5.30. The van der Waals surface area contributed by atoms with E-state index in [1.54, 1.807) is 6.92 Å². The van der Waals surface area contributed by atoms with Gasteiger partial charge in [0.15, 0.2) is 0 Å². The van der Waals surface area contributed by atoms with Gasteiger partial charge in [0, 0.05) is 0 Å². The molecule has 2 rings (SSSR count). The monoisotopic (exact) mass is 277 g/mol. The van der Waals surface area contributed by atoms with Gasteiger partial charge in [0.2, 0.25) is 5.91 Å². The minimum absolute atomic E-state index is 0.272. The fourth-order valence-corrected chi connectivity index (χ4v) is 2.16. The maximum absolute atomic E-state index is 12.2. The van der Waals surface area contributed by atoms with Crippen molar-refractivity contribution in [1.82, 2.24) is 5.32 Å². The number of ether oxygens (including phenoxy) is 1. The van der Waals surface area contributed by atoms with Gasteiger partial charge in [-0.15, -0.1) is 0 Å². The number of aliphatic carboxylic acids is 1. The van der Waals surface area contributed by atoms with Crippen LogP contribution in [0, 0.1) is 5.92 Å². The zero-order chi connectivity index (χ0) is 14.8. The van der Waals surface area contributed by atoms with Crippen LogP contribution in [0.5, 0.6) is 5.75 Å². The highest BCUT2D eigenvalue weighted by Gasteiger charge is 2.36. The number of benzene rings is 1. The number of carboxylic acids is 1. The summed E-state index contributed by atoms with van der Waals surface area (Å²) in [7, 11) is 0. The van der Waals surface area contributed by atoms with Crippen molar-refractivity contribution in [3.05, 3.63) is 29.8 Å². The Morgan fingerprint density at radius 1 is 1.45 bits per heavy atom. The zero-order valence-electron chi connectivity index (χ0n) is 11.7. The normalized spacial score (nSPS) is 20.2. The molecule has 0 bridgehead atoms. The van der Waals surface area contributed by atoms with Crippen LogP contribution in [-0.2, 0) is 16.0 Å². The molecular weight excluding hydrogens is 258 g/mol. The Hall–Kier alpha value is -2.04. The van der Waals surface area contributed by atoms with Crippen LogP contribution in [-0.4, -0.2) is 29.1 Å². The van der Waals surface area contributed by atoms with Crippen molar-refractivity contribution in [2.75, 3.05) is 6.61 Å². The molecule has 0 fully saturated rings. The van der Waals surface area contributed by atoms with Gasteiger partial charge in [-0.1, -0.05) is 25.1 Å². The van der Waals surface area contributed by atoms with Gasteiger partial charge in [0.1, 0.15) is 17.9 Å². The van der Waals surface area contributed by atoms with Crippen LogP contribution in [0.4, 0.5) is 0 Å². The highest BCUT2D eigenvalue weighted by Crippen LogP contribution is 2.27. The smallest absolute Gasteiger partial charge is 0.329 e. The molecule has 0 saturated heterocycles. The van der Waals surface area contributed by atoms with Crippen LogP contribution in [0.2, 0.25) is 0 Å². The Kier molecular flexibility index (Phi) is 3.97. The molecule has 108 valence electrons. The second kappa shape index (κ2) is 5.53. The molecule has 1 aromatic carbocycles. The summed E-state index contributed by atoms with van der Waals surface area (Å²) in [5, 5.41) is 11.8. The Morgan fingerprint density at radius 3 is 2.80 bits per heavy atom. The van der Waals surface area contributed by atoms with Crippen molar-refractivity contribution in [3.63, 3.8) is 0 Å². The third-order valence-corrected chi connectivity index (χ3v) is 3.83. The van der Waals surface area contributed by atoms with Gasteiger partial charge in [0.05, 0.1) is 5.92 Å². The van der Waals surface area contributed by atoms with E-state index in [9.17, 15) is 14.7 Å². The molecular formula is C15H19NO4. The third-order valence-electron chi connectivity index (χ3n) is 3.83. The summed E-state index contributed by atoms with van der Waals surface area (Å²) in [6, 6.07) is 7.58. The van der Waals surface area contributed by atoms with Crippen molar-refractivity contribution < 1.29 is 19.4 Å². The first-order valence-corrected chi connectivity index (χ1v) is 6.72. The predicted octanol–water partition coefficient (Wildman–Crippen LogP) is 1.61. The molecule has 0 saturated carbocycles. The third kappa shape index (κ3) is 2.76. The molecule has 0 radical (unpaired) electrons. The van der Waals surface area contributed by atoms with Crippen LogP contribution >= 0.6 is 0 Å². The lowest BCUT2D eigenvalue weighted by molar-refractivity contribution is -0.148. The first kappa shape index (κ1) is 14.4. The lowest BCUT2D eigenvalue weighted by atomic mass is 9.93. The van der Waals surface area contributed by atoms with E-state index in [0.717, 1.165) is 11.3 Å². The van der Waals surface area contributed by atoms with E-state index in [-0.39, 0.29) is 18.4 Å². The van der Waals surface area contributed by atoms with E-state index in [2.05, 4.69) is 5.32 Å². The van der Waals surface area contributed by atoms with E-state index in [4.69, 9.17) is 4.74 Å². The number of carboxylic acid groups (broad SMARTS) is 1. The Balaban J connectivity index is 2.07. The predicted molar refractivity (Wildman–Crippen MR) is 73.6 cm³/mol. The highest BCUT2D eigenvalue weighted by atomic mass is 16.5. The van der Waals surface area contributed by atoms with Gasteiger partial charge >= 0.3 is 5.97 Å². The van der Waals surface area contributed by atoms with Crippen LogP contribution < -0.4 is 10.1 Å². The Labute approximate surface area is 117 Å². The molecule has 1 aliphatic rings. The minimum atomic E-state index is -1.23. The number of rotatable bonds is 4. The lowest BCUT2D eigenvalue weighted by Crippen LogP contribution is -2.54. The number of hydrogen-bond acceptors (Lipinski definition) is 3. The van der Waals surface area contributed by atoms with E-state index in [1.807, 2.05) is 24.3 Å². The van der Waals surface area contributed by atoms with E-state index in [0.29, 0.717) is 12.8 Å². The van der Waals surface area contributed by atoms with Crippen molar-refractivity contribution >= 4 is 11.9 Å². The Bertz CT molecular complexity index is 528. The van der Waals surface area contributed by atoms with Crippen LogP contribution in [0.25, 0.3) is 0 Å². The first-order valence-electron chi connectivity index (χ1n) is 6.72. The number of carbonyl (C=O) groups excluding carboxylic acids is 1. The fourth-order valence-electron chi connectivity index (χ4n) is 2.16. The van der Waals surface area contributed by atoms with Crippen molar-refractivity contribution in [2.45, 2.75) is 32.2 Å². The van der Waals surface area contributed by atoms with Gasteiger partial charge in [-0.05, 0) is 31.4 Å². The molecule has 1 aromatic rings. The number of hydrogen-bond donors (Lipinski definition) is 2. The molecule has 0 aliphatic carbocycles. The average Bonchev–Trinajstić information content (AvgIpc) is 2.46. The molecule has 1 heterocycles. The molecule has 2 N–H and O–H groups in total. The number of nitrogens with one attached hydrogen (secondary N) is 1. The summed E-state index contributed by atoms with van der Waals surface area (Å²) in [6.45, 7) is 3.54. The summed E-state index contributed by atoms with van der Waals surface area (Å²) >= 11 is 0. The SMILES string of the molecule is CCC(C)(NC(=O)C1COc2ccccc2C1)C(=O)O. The fraction of sp³-hybridized carbons (Fsp3) is 0.467. The van der Waals surface area contributed by atoms with Gasteiger partial charge in [0.25, 0.3) is 0 Å². The van der Waals surface area contributed by atoms with E-state index < -0.39 is 11.5 Å². The van der Waals surface area contributed by atoms with E-state index in [1.165, 1.54) is 6.92 Å². The maximum Gasteiger partial charge on any atom is 0.329 e. The number of para-hydroxylation sites is 1. The minimum Gasteiger partial charge on any atom is -0.492 e. The summed E-state index contributed by atoms with van der Waals surface area (Å²) < 4.78 is 5.56. The average molecular weight is 277 g/mol. The van der Waals surface area contributed by atoms with Crippen molar-refractivity contribution in [1.29, 1.82) is 0 Å². The molecule has 1 aliphatic heterocycles. The molecule has 5 nitrogen and oxygen atoms in total. The number of carbonyl (C=O) groups is 2. The zero-order valence-corrected chi connectivity index (χ0v) is 11.7.